The molecule has 0 heterocycles. The van der Waals surface area contributed by atoms with Crippen molar-refractivity contribution in [1.29, 1.82) is 0 Å². The van der Waals surface area contributed by atoms with Crippen LogP contribution in [0.15, 0.2) is 0 Å². The lowest BCUT2D eigenvalue weighted by Gasteiger charge is -2.26. The van der Waals surface area contributed by atoms with E-state index < -0.39 is 0 Å². The summed E-state index contributed by atoms with van der Waals surface area (Å²) in [6.07, 6.45) is 2.52. The van der Waals surface area contributed by atoms with Gasteiger partial charge in [-0.3, -0.25) is 0 Å². The Hall–Kier alpha value is -1.46. The summed E-state index contributed by atoms with van der Waals surface area (Å²) in [6.45, 7) is 13.1. The molecule has 124 valence electrons. The van der Waals surface area contributed by atoms with Crippen molar-refractivity contribution >= 4 is 12.1 Å². The summed E-state index contributed by atoms with van der Waals surface area (Å²) in [5.74, 6) is 0. The van der Waals surface area contributed by atoms with Crippen LogP contribution in [0.3, 0.4) is 0 Å². The van der Waals surface area contributed by atoms with Crippen LogP contribution in [-0.2, 0) is 0 Å². The molecule has 0 aliphatic rings. The van der Waals surface area contributed by atoms with Gasteiger partial charge in [-0.25, -0.2) is 9.59 Å². The first-order chi connectivity index (χ1) is 9.56. The fourth-order valence-corrected chi connectivity index (χ4v) is 1.77. The maximum absolute atomic E-state index is 11.6. The molecule has 6 heteroatoms. The number of amides is 4. The molecule has 0 bridgehead atoms. The van der Waals surface area contributed by atoms with Crippen LogP contribution in [0, 0.1) is 0 Å². The number of carbonyl (C=O) groups excluding carboxylic acids is 2. The van der Waals surface area contributed by atoms with Crippen LogP contribution in [0.5, 0.6) is 0 Å². The number of urea groups is 2. The Morgan fingerprint density at radius 3 is 1.90 bits per heavy atom. The Morgan fingerprint density at radius 2 is 1.38 bits per heavy atom. The third-order valence-corrected chi connectivity index (χ3v) is 2.74. The SMILES string of the molecule is CCCNC(=O)NC(C)(C)CCCNC(=O)NC(C)(C)C. The molecule has 4 amide bonds. The first-order valence-corrected chi connectivity index (χ1v) is 7.68. The Kier molecular flexibility index (Phi) is 8.14. The predicted octanol–water partition coefficient (Wildman–Crippen LogP) is 2.35. The lowest BCUT2D eigenvalue weighted by Crippen LogP contribution is -2.49. The highest BCUT2D eigenvalue weighted by molar-refractivity contribution is 5.75. The topological polar surface area (TPSA) is 82.3 Å². The van der Waals surface area contributed by atoms with Gasteiger partial charge in [0.25, 0.3) is 0 Å². The fourth-order valence-electron chi connectivity index (χ4n) is 1.77. The molecule has 4 N–H and O–H groups in total. The van der Waals surface area contributed by atoms with E-state index in [4.69, 9.17) is 0 Å². The highest BCUT2D eigenvalue weighted by Gasteiger charge is 2.20. The van der Waals surface area contributed by atoms with Gasteiger partial charge in [-0.1, -0.05) is 6.92 Å². The minimum Gasteiger partial charge on any atom is -0.338 e. The van der Waals surface area contributed by atoms with E-state index in [-0.39, 0.29) is 23.1 Å². The number of rotatable bonds is 7. The molecule has 0 aliphatic carbocycles. The van der Waals surface area contributed by atoms with Gasteiger partial charge in [-0.05, 0) is 53.9 Å². The van der Waals surface area contributed by atoms with Gasteiger partial charge < -0.3 is 21.3 Å². The highest BCUT2D eigenvalue weighted by Crippen LogP contribution is 2.10. The molecular weight excluding hydrogens is 268 g/mol. The van der Waals surface area contributed by atoms with E-state index in [1.54, 1.807) is 0 Å². The predicted molar refractivity (Wildman–Crippen MR) is 86.4 cm³/mol. The third kappa shape index (κ3) is 12.0. The van der Waals surface area contributed by atoms with E-state index in [2.05, 4.69) is 21.3 Å². The molecule has 0 saturated heterocycles. The first kappa shape index (κ1) is 19.5. The van der Waals surface area contributed by atoms with Gasteiger partial charge in [0, 0.05) is 24.2 Å². The molecule has 0 radical (unpaired) electrons. The summed E-state index contributed by atoms with van der Waals surface area (Å²) in [4.78, 5) is 23.2. The molecule has 0 unspecified atom stereocenters. The maximum Gasteiger partial charge on any atom is 0.315 e. The van der Waals surface area contributed by atoms with Crippen LogP contribution >= 0.6 is 0 Å². The van der Waals surface area contributed by atoms with E-state index in [1.165, 1.54) is 0 Å². The lowest BCUT2D eigenvalue weighted by atomic mass is 9.98. The average molecular weight is 300 g/mol. The van der Waals surface area contributed by atoms with Crippen molar-refractivity contribution in [3.05, 3.63) is 0 Å². The minimum absolute atomic E-state index is 0.139. The van der Waals surface area contributed by atoms with Crippen LogP contribution in [0.25, 0.3) is 0 Å². The lowest BCUT2D eigenvalue weighted by molar-refractivity contribution is 0.224. The Morgan fingerprint density at radius 1 is 0.857 bits per heavy atom. The molecule has 6 nitrogen and oxygen atoms in total. The average Bonchev–Trinajstić information content (AvgIpc) is 2.29. The van der Waals surface area contributed by atoms with Gasteiger partial charge in [-0.2, -0.15) is 0 Å². The molecule has 0 aromatic rings. The molecule has 0 aliphatic heterocycles. The van der Waals surface area contributed by atoms with E-state index in [1.807, 2.05) is 41.5 Å². The van der Waals surface area contributed by atoms with E-state index in [0.29, 0.717) is 13.1 Å². The number of nitrogens with one attached hydrogen (secondary N) is 4. The standard InChI is InChI=1S/C15H32N4O2/c1-7-10-16-13(21)19-15(5,6)9-8-11-17-12(20)18-14(2,3)4/h7-11H2,1-6H3,(H2,16,19,21)(H2,17,18,20). The van der Waals surface area contributed by atoms with Crippen molar-refractivity contribution in [3.63, 3.8) is 0 Å². The van der Waals surface area contributed by atoms with Gasteiger partial charge in [-0.15, -0.1) is 0 Å². The van der Waals surface area contributed by atoms with E-state index >= 15 is 0 Å². The second kappa shape index (κ2) is 8.74. The number of hydrogen-bond donors (Lipinski definition) is 4. The molecule has 0 atom stereocenters. The van der Waals surface area contributed by atoms with Crippen LogP contribution in [0.4, 0.5) is 9.59 Å². The summed E-state index contributed by atoms with van der Waals surface area (Å²) in [7, 11) is 0. The van der Waals surface area contributed by atoms with Gasteiger partial charge in [0.1, 0.15) is 0 Å². The minimum atomic E-state index is -0.292. The van der Waals surface area contributed by atoms with E-state index in [9.17, 15) is 9.59 Å². The normalized spacial score (nSPS) is 11.7. The van der Waals surface area contributed by atoms with Crippen LogP contribution in [0.2, 0.25) is 0 Å². The van der Waals surface area contributed by atoms with Gasteiger partial charge in [0.2, 0.25) is 0 Å². The number of hydrogen-bond acceptors (Lipinski definition) is 2. The monoisotopic (exact) mass is 300 g/mol. The summed E-state index contributed by atoms with van der Waals surface area (Å²) >= 11 is 0. The second-order valence-corrected chi connectivity index (χ2v) is 7.00. The van der Waals surface area contributed by atoms with Gasteiger partial charge in [0.05, 0.1) is 0 Å². The quantitative estimate of drug-likeness (QED) is 0.544. The summed E-state index contributed by atoms with van der Waals surface area (Å²) in [5.41, 5.74) is -0.526. The first-order valence-electron chi connectivity index (χ1n) is 7.68. The Balaban J connectivity index is 3.89. The summed E-state index contributed by atoms with van der Waals surface area (Å²) in [6, 6.07) is -0.297. The zero-order valence-corrected chi connectivity index (χ0v) is 14.4. The summed E-state index contributed by atoms with van der Waals surface area (Å²) < 4.78 is 0. The number of carbonyl (C=O) groups is 2. The Bertz CT molecular complexity index is 335. The Labute approximate surface area is 128 Å². The molecule has 0 aromatic heterocycles. The van der Waals surface area contributed by atoms with Crippen molar-refractivity contribution in [2.75, 3.05) is 13.1 Å². The van der Waals surface area contributed by atoms with Crippen LogP contribution in [-0.4, -0.2) is 36.2 Å². The zero-order chi connectivity index (χ0) is 16.5. The fraction of sp³-hybridized carbons (Fsp3) is 0.867. The second-order valence-electron chi connectivity index (χ2n) is 7.00. The van der Waals surface area contributed by atoms with Crippen LogP contribution < -0.4 is 21.3 Å². The van der Waals surface area contributed by atoms with Gasteiger partial charge in [0.15, 0.2) is 0 Å². The smallest absolute Gasteiger partial charge is 0.315 e. The molecule has 0 rings (SSSR count). The molecule has 0 saturated carbocycles. The molecular formula is C15H32N4O2. The van der Waals surface area contributed by atoms with Crippen molar-refractivity contribution < 1.29 is 9.59 Å². The van der Waals surface area contributed by atoms with Crippen molar-refractivity contribution in [1.82, 2.24) is 21.3 Å². The van der Waals surface area contributed by atoms with Gasteiger partial charge >= 0.3 is 12.1 Å². The van der Waals surface area contributed by atoms with E-state index in [0.717, 1.165) is 19.3 Å². The zero-order valence-electron chi connectivity index (χ0n) is 14.4. The third-order valence-electron chi connectivity index (χ3n) is 2.74. The molecule has 0 aromatic carbocycles. The summed E-state index contributed by atoms with van der Waals surface area (Å²) in [5, 5.41) is 11.4. The van der Waals surface area contributed by atoms with Crippen molar-refractivity contribution in [2.45, 2.75) is 71.9 Å². The molecule has 21 heavy (non-hydrogen) atoms. The van der Waals surface area contributed by atoms with Crippen LogP contribution in [0.1, 0.15) is 60.8 Å². The van der Waals surface area contributed by atoms with Crippen molar-refractivity contribution in [3.8, 4) is 0 Å². The molecule has 0 spiro atoms. The maximum atomic E-state index is 11.6. The highest BCUT2D eigenvalue weighted by atomic mass is 16.2. The van der Waals surface area contributed by atoms with Crippen molar-refractivity contribution in [2.24, 2.45) is 0 Å². The molecule has 0 fully saturated rings. The largest absolute Gasteiger partial charge is 0.338 e.